The van der Waals surface area contributed by atoms with Gasteiger partial charge in [-0.3, -0.25) is 4.79 Å². The Labute approximate surface area is 73.7 Å². The number of nitrogens with one attached hydrogen (secondary N) is 1. The van der Waals surface area contributed by atoms with Crippen LogP contribution >= 0.6 is 0 Å². The topological polar surface area (TPSA) is 29.1 Å². The number of hydrogen-bond acceptors (Lipinski definition) is 1. The first kappa shape index (κ1) is 8.09. The third-order valence-corrected chi connectivity index (χ3v) is 3.24. The van der Waals surface area contributed by atoms with Gasteiger partial charge in [-0.05, 0) is 30.6 Å². The second kappa shape index (κ2) is 2.48. The Morgan fingerprint density at radius 1 is 1.58 bits per heavy atom. The van der Waals surface area contributed by atoms with Gasteiger partial charge in [-0.25, -0.2) is 0 Å². The van der Waals surface area contributed by atoms with Crippen molar-refractivity contribution in [3.8, 4) is 0 Å². The van der Waals surface area contributed by atoms with E-state index in [0.29, 0.717) is 17.3 Å². The van der Waals surface area contributed by atoms with Crippen LogP contribution in [0.5, 0.6) is 0 Å². The lowest BCUT2D eigenvalue weighted by Gasteiger charge is -2.09. The van der Waals surface area contributed by atoms with Gasteiger partial charge in [-0.2, -0.15) is 0 Å². The zero-order valence-corrected chi connectivity index (χ0v) is 7.89. The van der Waals surface area contributed by atoms with Gasteiger partial charge >= 0.3 is 0 Å². The van der Waals surface area contributed by atoms with E-state index in [1.54, 1.807) is 0 Å². The lowest BCUT2D eigenvalue weighted by molar-refractivity contribution is -0.122. The predicted octanol–water partition coefficient (Wildman–Crippen LogP) is 1.56. The van der Waals surface area contributed by atoms with Gasteiger partial charge in [0.15, 0.2) is 0 Å². The molecule has 0 spiro atoms. The summed E-state index contributed by atoms with van der Waals surface area (Å²) in [6, 6.07) is 0. The highest BCUT2D eigenvalue weighted by molar-refractivity contribution is 5.81. The largest absolute Gasteiger partial charge is 0.355 e. The number of rotatable bonds is 3. The predicted molar refractivity (Wildman–Crippen MR) is 47.6 cm³/mol. The third kappa shape index (κ3) is 1.62. The van der Waals surface area contributed by atoms with Crippen LogP contribution in [0.1, 0.15) is 33.1 Å². The summed E-state index contributed by atoms with van der Waals surface area (Å²) >= 11 is 0. The minimum atomic E-state index is 0.288. The second-order valence-electron chi connectivity index (χ2n) is 4.85. The average molecular weight is 167 g/mol. The lowest BCUT2D eigenvalue weighted by Crippen LogP contribution is -2.30. The molecule has 1 amide bonds. The van der Waals surface area contributed by atoms with Crippen LogP contribution in [0.4, 0.5) is 0 Å². The molecule has 0 aromatic carbocycles. The van der Waals surface area contributed by atoms with Gasteiger partial charge in [-0.15, -0.1) is 0 Å². The summed E-state index contributed by atoms with van der Waals surface area (Å²) in [6.45, 7) is 5.28. The molecule has 12 heavy (non-hydrogen) atoms. The zero-order valence-electron chi connectivity index (χ0n) is 7.89. The van der Waals surface area contributed by atoms with E-state index in [0.717, 1.165) is 13.0 Å². The molecule has 2 heteroatoms. The Morgan fingerprint density at radius 2 is 2.17 bits per heavy atom. The Kier molecular flexibility index (Phi) is 1.67. The van der Waals surface area contributed by atoms with E-state index < -0.39 is 0 Å². The lowest BCUT2D eigenvalue weighted by atomic mass is 10.1. The van der Waals surface area contributed by atoms with Gasteiger partial charge in [0.2, 0.25) is 5.91 Å². The summed E-state index contributed by atoms with van der Waals surface area (Å²) in [4.78, 5) is 11.4. The van der Waals surface area contributed by atoms with E-state index in [1.165, 1.54) is 12.8 Å². The van der Waals surface area contributed by atoms with Gasteiger partial charge in [0.05, 0.1) is 0 Å². The van der Waals surface area contributed by atoms with Crippen molar-refractivity contribution in [2.45, 2.75) is 33.1 Å². The van der Waals surface area contributed by atoms with Crippen molar-refractivity contribution in [2.75, 3.05) is 6.54 Å². The molecule has 0 heterocycles. The van der Waals surface area contributed by atoms with Crippen LogP contribution in [0.25, 0.3) is 0 Å². The number of carbonyl (C=O) groups excluding carboxylic acids is 1. The molecule has 2 aliphatic carbocycles. The molecule has 2 rings (SSSR count). The highest BCUT2D eigenvalue weighted by Gasteiger charge is 2.42. The van der Waals surface area contributed by atoms with Crippen LogP contribution in [-0.2, 0) is 4.79 Å². The van der Waals surface area contributed by atoms with E-state index in [9.17, 15) is 4.79 Å². The number of hydrogen-bond donors (Lipinski definition) is 1. The molecular formula is C10H17NO. The molecule has 0 unspecified atom stereocenters. The van der Waals surface area contributed by atoms with E-state index in [1.807, 2.05) is 0 Å². The van der Waals surface area contributed by atoms with E-state index in [-0.39, 0.29) is 5.91 Å². The molecule has 0 saturated heterocycles. The molecule has 2 aliphatic rings. The fourth-order valence-electron chi connectivity index (χ4n) is 1.51. The van der Waals surface area contributed by atoms with Crippen LogP contribution in [0.3, 0.4) is 0 Å². The fourth-order valence-corrected chi connectivity index (χ4v) is 1.51. The molecular weight excluding hydrogens is 150 g/mol. The van der Waals surface area contributed by atoms with Gasteiger partial charge in [0.1, 0.15) is 0 Å². The molecule has 0 radical (unpaired) electrons. The molecule has 2 saturated carbocycles. The SMILES string of the molecule is C[C@@H]1C[C@H]1C(=O)NCC1(C)CC1. The number of carbonyl (C=O) groups is 1. The van der Waals surface area contributed by atoms with Crippen molar-refractivity contribution in [1.82, 2.24) is 5.32 Å². The highest BCUT2D eigenvalue weighted by atomic mass is 16.2. The summed E-state index contributed by atoms with van der Waals surface area (Å²) in [5, 5.41) is 3.04. The van der Waals surface area contributed by atoms with Crippen LogP contribution in [0.15, 0.2) is 0 Å². The van der Waals surface area contributed by atoms with Crippen LogP contribution < -0.4 is 5.32 Å². The maximum atomic E-state index is 11.4. The molecule has 68 valence electrons. The maximum absolute atomic E-state index is 11.4. The minimum Gasteiger partial charge on any atom is -0.355 e. The molecule has 1 N–H and O–H groups in total. The van der Waals surface area contributed by atoms with Crippen molar-refractivity contribution < 1.29 is 4.79 Å². The van der Waals surface area contributed by atoms with Gasteiger partial charge in [-0.1, -0.05) is 13.8 Å². The van der Waals surface area contributed by atoms with Crippen molar-refractivity contribution in [3.63, 3.8) is 0 Å². The van der Waals surface area contributed by atoms with Gasteiger partial charge in [0, 0.05) is 12.5 Å². The Balaban J connectivity index is 1.69. The Morgan fingerprint density at radius 3 is 2.58 bits per heavy atom. The molecule has 0 aromatic rings. The zero-order chi connectivity index (χ0) is 8.77. The molecule has 2 atom stereocenters. The van der Waals surface area contributed by atoms with Crippen molar-refractivity contribution in [3.05, 3.63) is 0 Å². The highest BCUT2D eigenvalue weighted by Crippen LogP contribution is 2.44. The van der Waals surface area contributed by atoms with Crippen molar-refractivity contribution in [2.24, 2.45) is 17.3 Å². The van der Waals surface area contributed by atoms with Gasteiger partial charge < -0.3 is 5.32 Å². The maximum Gasteiger partial charge on any atom is 0.223 e. The first-order valence-corrected chi connectivity index (χ1v) is 4.88. The summed E-state index contributed by atoms with van der Waals surface area (Å²) in [5.74, 6) is 1.26. The standard InChI is InChI=1S/C10H17NO/c1-7-5-8(7)9(12)11-6-10(2)3-4-10/h7-8H,3-6H2,1-2H3,(H,11,12)/t7-,8-/m1/s1. The third-order valence-electron chi connectivity index (χ3n) is 3.24. The molecule has 0 aromatic heterocycles. The Bertz CT molecular complexity index is 208. The Hall–Kier alpha value is -0.530. The monoisotopic (exact) mass is 167 g/mol. The molecule has 2 nitrogen and oxygen atoms in total. The van der Waals surface area contributed by atoms with Crippen LogP contribution in [0.2, 0.25) is 0 Å². The summed E-state index contributed by atoms with van der Waals surface area (Å²) in [6.07, 6.45) is 3.67. The fraction of sp³-hybridized carbons (Fsp3) is 0.900. The van der Waals surface area contributed by atoms with Crippen molar-refractivity contribution in [1.29, 1.82) is 0 Å². The van der Waals surface area contributed by atoms with Crippen LogP contribution in [-0.4, -0.2) is 12.5 Å². The summed E-state index contributed by atoms with van der Waals surface area (Å²) < 4.78 is 0. The minimum absolute atomic E-state index is 0.288. The summed E-state index contributed by atoms with van der Waals surface area (Å²) in [5.41, 5.74) is 0.452. The smallest absolute Gasteiger partial charge is 0.223 e. The van der Waals surface area contributed by atoms with Crippen LogP contribution in [0, 0.1) is 17.3 Å². The second-order valence-corrected chi connectivity index (χ2v) is 4.85. The quantitative estimate of drug-likeness (QED) is 0.679. The normalized spacial score (nSPS) is 35.8. The molecule has 0 aliphatic heterocycles. The molecule has 2 fully saturated rings. The van der Waals surface area contributed by atoms with E-state index in [2.05, 4.69) is 19.2 Å². The first-order chi connectivity index (χ1) is 5.61. The summed E-state index contributed by atoms with van der Waals surface area (Å²) in [7, 11) is 0. The molecule has 0 bridgehead atoms. The number of amides is 1. The first-order valence-electron chi connectivity index (χ1n) is 4.88. The van der Waals surface area contributed by atoms with Crippen molar-refractivity contribution >= 4 is 5.91 Å². The van der Waals surface area contributed by atoms with Gasteiger partial charge in [0.25, 0.3) is 0 Å². The average Bonchev–Trinajstić information content (AvgIpc) is 2.88. The van der Waals surface area contributed by atoms with E-state index >= 15 is 0 Å². The van der Waals surface area contributed by atoms with E-state index in [4.69, 9.17) is 0 Å².